The number of hydrogen-bond acceptors (Lipinski definition) is 5. The summed E-state index contributed by atoms with van der Waals surface area (Å²) in [5, 5.41) is 12.1. The van der Waals surface area contributed by atoms with Gasteiger partial charge in [-0.1, -0.05) is 0 Å². The molecule has 1 aromatic heterocycles. The van der Waals surface area contributed by atoms with E-state index in [1.165, 1.54) is 18.9 Å². The van der Waals surface area contributed by atoms with Gasteiger partial charge in [0.2, 0.25) is 5.95 Å². The number of aromatic nitrogens is 2. The van der Waals surface area contributed by atoms with E-state index in [1.807, 2.05) is 0 Å². The highest BCUT2D eigenvalue weighted by Crippen LogP contribution is 2.19. The van der Waals surface area contributed by atoms with E-state index in [1.54, 1.807) is 6.92 Å². The van der Waals surface area contributed by atoms with Gasteiger partial charge in [-0.25, -0.2) is 14.8 Å². The average Bonchev–Trinajstić information content (AvgIpc) is 2.40. The summed E-state index contributed by atoms with van der Waals surface area (Å²) >= 11 is 0. The van der Waals surface area contributed by atoms with Crippen LogP contribution in [0.1, 0.15) is 35.4 Å². The zero-order chi connectivity index (χ0) is 14.5. The molecule has 1 saturated heterocycles. The molecule has 0 aromatic carbocycles. The van der Waals surface area contributed by atoms with E-state index < -0.39 is 5.97 Å². The fourth-order valence-corrected chi connectivity index (χ4v) is 2.50. The van der Waals surface area contributed by atoms with Crippen LogP contribution in [0.2, 0.25) is 0 Å². The van der Waals surface area contributed by atoms with Crippen LogP contribution in [-0.2, 0) is 0 Å². The molecule has 0 spiro atoms. The van der Waals surface area contributed by atoms with Crippen molar-refractivity contribution in [3.05, 3.63) is 17.5 Å². The van der Waals surface area contributed by atoms with E-state index in [2.05, 4.69) is 27.2 Å². The number of carboxylic acid groups (broad SMARTS) is 1. The Balaban J connectivity index is 1.83. The van der Waals surface area contributed by atoms with E-state index in [4.69, 9.17) is 5.11 Å². The second kappa shape index (κ2) is 6.65. The largest absolute Gasteiger partial charge is 0.477 e. The molecule has 2 rings (SSSR count). The van der Waals surface area contributed by atoms with Gasteiger partial charge >= 0.3 is 5.97 Å². The topological polar surface area (TPSA) is 78.3 Å². The fraction of sp³-hybridized carbons (Fsp3) is 0.643. The number of piperidine rings is 1. The van der Waals surface area contributed by atoms with Gasteiger partial charge in [0.1, 0.15) is 0 Å². The predicted octanol–water partition coefficient (Wildman–Crippen LogP) is 1.63. The number of carboxylic acids is 1. The van der Waals surface area contributed by atoms with Crippen LogP contribution in [0, 0.1) is 12.8 Å². The second-order valence-corrected chi connectivity index (χ2v) is 5.49. The number of aromatic carboxylic acids is 1. The predicted molar refractivity (Wildman–Crippen MR) is 77.1 cm³/mol. The van der Waals surface area contributed by atoms with Gasteiger partial charge in [0, 0.05) is 12.2 Å². The fourth-order valence-electron chi connectivity index (χ4n) is 2.50. The third kappa shape index (κ3) is 4.16. The summed E-state index contributed by atoms with van der Waals surface area (Å²) < 4.78 is 0. The third-order valence-electron chi connectivity index (χ3n) is 3.75. The van der Waals surface area contributed by atoms with Crippen molar-refractivity contribution in [3.8, 4) is 0 Å². The van der Waals surface area contributed by atoms with Crippen LogP contribution in [0.15, 0.2) is 6.07 Å². The number of anilines is 1. The molecule has 1 aliphatic rings. The van der Waals surface area contributed by atoms with Gasteiger partial charge in [0.25, 0.3) is 0 Å². The van der Waals surface area contributed by atoms with Crippen LogP contribution in [0.25, 0.3) is 0 Å². The molecule has 0 aliphatic carbocycles. The highest BCUT2D eigenvalue weighted by molar-refractivity contribution is 5.85. The Hall–Kier alpha value is -1.69. The maximum Gasteiger partial charge on any atom is 0.354 e. The number of likely N-dealkylation sites (tertiary alicyclic amines) is 1. The minimum atomic E-state index is -1.02. The first-order valence-electron chi connectivity index (χ1n) is 7.06. The zero-order valence-corrected chi connectivity index (χ0v) is 12.1. The lowest BCUT2D eigenvalue weighted by Gasteiger charge is -2.28. The number of rotatable bonds is 5. The summed E-state index contributed by atoms with van der Waals surface area (Å²) in [6.07, 6.45) is 3.54. The van der Waals surface area contributed by atoms with Gasteiger partial charge in [-0.05, 0) is 58.3 Å². The van der Waals surface area contributed by atoms with Gasteiger partial charge < -0.3 is 15.3 Å². The molecule has 0 radical (unpaired) electrons. The normalized spacial score (nSPS) is 17.1. The number of hydrogen-bond donors (Lipinski definition) is 2. The summed E-state index contributed by atoms with van der Waals surface area (Å²) in [5.74, 6) is 0.131. The maximum absolute atomic E-state index is 10.9. The molecule has 0 saturated carbocycles. The van der Waals surface area contributed by atoms with Gasteiger partial charge in [-0.2, -0.15) is 0 Å². The zero-order valence-electron chi connectivity index (χ0n) is 12.1. The molecule has 2 heterocycles. The van der Waals surface area contributed by atoms with Crippen molar-refractivity contribution in [2.45, 2.75) is 26.2 Å². The third-order valence-corrected chi connectivity index (χ3v) is 3.75. The van der Waals surface area contributed by atoms with E-state index in [-0.39, 0.29) is 5.69 Å². The number of aryl methyl sites for hydroxylation is 1. The summed E-state index contributed by atoms with van der Waals surface area (Å²) in [7, 11) is 2.16. The van der Waals surface area contributed by atoms with Crippen molar-refractivity contribution in [1.82, 2.24) is 14.9 Å². The van der Waals surface area contributed by atoms with Gasteiger partial charge in [-0.15, -0.1) is 0 Å². The maximum atomic E-state index is 10.9. The lowest BCUT2D eigenvalue weighted by molar-refractivity contribution is 0.0690. The smallest absolute Gasteiger partial charge is 0.354 e. The Morgan fingerprint density at radius 3 is 2.80 bits per heavy atom. The second-order valence-electron chi connectivity index (χ2n) is 5.49. The number of carbonyl (C=O) groups is 1. The molecule has 2 N–H and O–H groups in total. The lowest BCUT2D eigenvalue weighted by atomic mass is 9.94. The Kier molecular flexibility index (Phi) is 4.89. The standard InChI is InChI=1S/C14H22N4O2/c1-10-9-12(13(19)20)17-14(16-10)15-6-3-11-4-7-18(2)8-5-11/h9,11H,3-8H2,1-2H3,(H,19,20)(H,15,16,17). The minimum absolute atomic E-state index is 0.0410. The van der Waals surface area contributed by atoms with Gasteiger partial charge in [-0.3, -0.25) is 0 Å². The molecule has 1 aromatic rings. The van der Waals surface area contributed by atoms with Crippen LogP contribution in [-0.4, -0.2) is 52.6 Å². The first-order valence-corrected chi connectivity index (χ1v) is 7.06. The van der Waals surface area contributed by atoms with Crippen LogP contribution in [0.5, 0.6) is 0 Å². The van der Waals surface area contributed by atoms with E-state index in [0.29, 0.717) is 11.6 Å². The van der Waals surface area contributed by atoms with Crippen LogP contribution in [0.4, 0.5) is 5.95 Å². The summed E-state index contributed by atoms with van der Waals surface area (Å²) in [6, 6.07) is 1.48. The molecule has 0 bridgehead atoms. The Labute approximate surface area is 119 Å². The molecule has 1 fully saturated rings. The highest BCUT2D eigenvalue weighted by atomic mass is 16.4. The molecule has 110 valence electrons. The van der Waals surface area contributed by atoms with Crippen molar-refractivity contribution in [2.24, 2.45) is 5.92 Å². The SMILES string of the molecule is Cc1cc(C(=O)O)nc(NCCC2CCN(C)CC2)n1. The summed E-state index contributed by atoms with van der Waals surface area (Å²) in [6.45, 7) is 4.89. The summed E-state index contributed by atoms with van der Waals surface area (Å²) in [4.78, 5) is 21.5. The number of nitrogens with zero attached hydrogens (tertiary/aromatic N) is 3. The Bertz CT molecular complexity index is 470. The molecule has 0 atom stereocenters. The van der Waals surface area contributed by atoms with E-state index in [0.717, 1.165) is 32.0 Å². The molecule has 0 unspecified atom stereocenters. The molecular weight excluding hydrogens is 256 g/mol. The van der Waals surface area contributed by atoms with E-state index in [9.17, 15) is 4.79 Å². The van der Waals surface area contributed by atoms with Gasteiger partial charge in [0.05, 0.1) is 0 Å². The first kappa shape index (κ1) is 14.7. The number of nitrogens with one attached hydrogen (secondary N) is 1. The van der Waals surface area contributed by atoms with E-state index >= 15 is 0 Å². The lowest BCUT2D eigenvalue weighted by Crippen LogP contribution is -2.31. The van der Waals surface area contributed by atoms with Gasteiger partial charge in [0.15, 0.2) is 5.69 Å². The molecule has 1 aliphatic heterocycles. The molecule has 6 heteroatoms. The Morgan fingerprint density at radius 2 is 2.15 bits per heavy atom. The summed E-state index contributed by atoms with van der Waals surface area (Å²) in [5.41, 5.74) is 0.707. The minimum Gasteiger partial charge on any atom is -0.477 e. The molecular formula is C14H22N4O2. The quantitative estimate of drug-likeness (QED) is 0.852. The monoisotopic (exact) mass is 278 g/mol. The average molecular weight is 278 g/mol. The van der Waals surface area contributed by atoms with Crippen molar-refractivity contribution in [1.29, 1.82) is 0 Å². The molecule has 20 heavy (non-hydrogen) atoms. The van der Waals surface area contributed by atoms with Crippen LogP contribution in [0.3, 0.4) is 0 Å². The molecule has 6 nitrogen and oxygen atoms in total. The first-order chi connectivity index (χ1) is 9.54. The van der Waals surface area contributed by atoms with Crippen LogP contribution < -0.4 is 5.32 Å². The van der Waals surface area contributed by atoms with Crippen molar-refractivity contribution < 1.29 is 9.90 Å². The van der Waals surface area contributed by atoms with Crippen molar-refractivity contribution in [3.63, 3.8) is 0 Å². The molecule has 0 amide bonds. The van der Waals surface area contributed by atoms with Crippen LogP contribution >= 0.6 is 0 Å². The Morgan fingerprint density at radius 1 is 1.45 bits per heavy atom. The van der Waals surface area contributed by atoms with Crippen molar-refractivity contribution >= 4 is 11.9 Å². The van der Waals surface area contributed by atoms with Crippen molar-refractivity contribution in [2.75, 3.05) is 32.0 Å². The highest BCUT2D eigenvalue weighted by Gasteiger charge is 2.16.